The predicted octanol–water partition coefficient (Wildman–Crippen LogP) is 2.50. The van der Waals surface area contributed by atoms with Crippen LogP contribution in [0.5, 0.6) is 0 Å². The summed E-state index contributed by atoms with van der Waals surface area (Å²) in [5.74, 6) is -1.23. The van der Waals surface area contributed by atoms with Crippen molar-refractivity contribution in [2.45, 2.75) is 6.61 Å². The summed E-state index contributed by atoms with van der Waals surface area (Å²) in [6.07, 6.45) is 1.48. The van der Waals surface area contributed by atoms with E-state index >= 15 is 0 Å². The fraction of sp³-hybridized carbons (Fsp3) is 0.150. The van der Waals surface area contributed by atoms with Gasteiger partial charge in [0.05, 0.1) is 0 Å². The second-order valence-electron chi connectivity index (χ2n) is 5.79. The number of esters is 1. The van der Waals surface area contributed by atoms with Crippen LogP contribution in [-0.2, 0) is 16.1 Å². The third kappa shape index (κ3) is 4.95. The largest absolute Gasteiger partial charge is 0.457 e. The second kappa shape index (κ2) is 8.49. The molecule has 0 saturated carbocycles. The van der Waals surface area contributed by atoms with Gasteiger partial charge in [0.2, 0.25) is 5.91 Å². The van der Waals surface area contributed by atoms with Crippen LogP contribution in [0.25, 0.3) is 6.08 Å². The lowest BCUT2D eigenvalue weighted by atomic mass is 10.1. The van der Waals surface area contributed by atoms with Gasteiger partial charge in [-0.05, 0) is 41.5 Å². The van der Waals surface area contributed by atoms with Crippen molar-refractivity contribution in [2.24, 2.45) is 5.73 Å². The summed E-state index contributed by atoms with van der Waals surface area (Å²) in [7, 11) is 3.86. The van der Waals surface area contributed by atoms with Crippen molar-refractivity contribution in [3.8, 4) is 6.07 Å². The number of primary amides is 1. The SMILES string of the molecule is CN(C)c1ccc(/C=C(\C#N)C(=O)OCc2ccc(C(N)=O)cc2)cc1. The molecule has 0 radical (unpaired) electrons. The first-order chi connectivity index (χ1) is 12.4. The minimum absolute atomic E-state index is 0.00351. The van der Waals surface area contributed by atoms with Gasteiger partial charge in [-0.2, -0.15) is 5.26 Å². The molecule has 1 amide bonds. The van der Waals surface area contributed by atoms with Crippen molar-refractivity contribution in [1.82, 2.24) is 0 Å². The van der Waals surface area contributed by atoms with E-state index in [1.54, 1.807) is 24.3 Å². The number of rotatable bonds is 6. The Morgan fingerprint density at radius 1 is 1.12 bits per heavy atom. The van der Waals surface area contributed by atoms with Crippen molar-refractivity contribution in [3.05, 3.63) is 70.8 Å². The van der Waals surface area contributed by atoms with Crippen LogP contribution in [0, 0.1) is 11.3 Å². The van der Waals surface area contributed by atoms with Gasteiger partial charge in [0.1, 0.15) is 18.2 Å². The average Bonchev–Trinajstić information content (AvgIpc) is 2.64. The molecule has 0 aliphatic carbocycles. The number of nitrogens with zero attached hydrogens (tertiary/aromatic N) is 2. The molecule has 6 heteroatoms. The number of hydrogen-bond donors (Lipinski definition) is 1. The number of hydrogen-bond acceptors (Lipinski definition) is 5. The normalized spacial score (nSPS) is 10.7. The Morgan fingerprint density at radius 2 is 1.73 bits per heavy atom. The summed E-state index contributed by atoms with van der Waals surface area (Å²) in [6.45, 7) is -0.00351. The van der Waals surface area contributed by atoms with Crippen LogP contribution in [0.2, 0.25) is 0 Å². The van der Waals surface area contributed by atoms with Gasteiger partial charge < -0.3 is 15.4 Å². The van der Waals surface area contributed by atoms with Crippen molar-refractivity contribution >= 4 is 23.6 Å². The number of benzene rings is 2. The molecule has 0 aromatic heterocycles. The van der Waals surface area contributed by atoms with Crippen LogP contribution >= 0.6 is 0 Å². The lowest BCUT2D eigenvalue weighted by Crippen LogP contribution is -2.11. The maximum absolute atomic E-state index is 12.1. The summed E-state index contributed by atoms with van der Waals surface area (Å²) in [5, 5.41) is 9.22. The number of nitriles is 1. The van der Waals surface area contributed by atoms with E-state index in [-0.39, 0.29) is 12.2 Å². The van der Waals surface area contributed by atoms with Crippen molar-refractivity contribution in [3.63, 3.8) is 0 Å². The smallest absolute Gasteiger partial charge is 0.349 e. The van der Waals surface area contributed by atoms with E-state index in [9.17, 15) is 14.9 Å². The summed E-state index contributed by atoms with van der Waals surface area (Å²) in [5.41, 5.74) is 7.90. The van der Waals surface area contributed by atoms with E-state index in [0.717, 1.165) is 11.3 Å². The molecule has 2 aromatic rings. The molecule has 0 aliphatic heterocycles. The maximum atomic E-state index is 12.1. The molecule has 6 nitrogen and oxygen atoms in total. The average molecular weight is 349 g/mol. The first-order valence-electron chi connectivity index (χ1n) is 7.86. The zero-order valence-corrected chi connectivity index (χ0v) is 14.6. The molecule has 0 bridgehead atoms. The number of nitrogens with two attached hydrogens (primary N) is 1. The third-order valence-electron chi connectivity index (χ3n) is 3.67. The molecule has 0 saturated heterocycles. The molecule has 0 atom stereocenters. The van der Waals surface area contributed by atoms with E-state index < -0.39 is 11.9 Å². The molecule has 0 spiro atoms. The summed E-state index contributed by atoms with van der Waals surface area (Å²) < 4.78 is 5.16. The van der Waals surface area contributed by atoms with Gasteiger partial charge in [-0.1, -0.05) is 24.3 Å². The number of carbonyl (C=O) groups is 2. The van der Waals surface area contributed by atoms with Gasteiger partial charge in [0.15, 0.2) is 0 Å². The molecule has 0 unspecified atom stereocenters. The van der Waals surface area contributed by atoms with Crippen LogP contribution < -0.4 is 10.6 Å². The van der Waals surface area contributed by atoms with Crippen LogP contribution in [-0.4, -0.2) is 26.0 Å². The molecule has 0 heterocycles. The molecular formula is C20H19N3O3. The predicted molar refractivity (Wildman–Crippen MR) is 99.1 cm³/mol. The van der Waals surface area contributed by atoms with E-state index in [0.29, 0.717) is 11.1 Å². The Balaban J connectivity index is 2.03. The van der Waals surface area contributed by atoms with Crippen LogP contribution in [0.15, 0.2) is 54.1 Å². The van der Waals surface area contributed by atoms with E-state index in [1.807, 2.05) is 49.3 Å². The van der Waals surface area contributed by atoms with E-state index in [4.69, 9.17) is 10.5 Å². The van der Waals surface area contributed by atoms with Gasteiger partial charge in [0, 0.05) is 25.3 Å². The molecular weight excluding hydrogens is 330 g/mol. The van der Waals surface area contributed by atoms with Crippen LogP contribution in [0.3, 0.4) is 0 Å². The number of amides is 1. The molecule has 26 heavy (non-hydrogen) atoms. The Kier molecular flexibility index (Phi) is 6.12. The number of carbonyl (C=O) groups excluding carboxylic acids is 2. The third-order valence-corrected chi connectivity index (χ3v) is 3.67. The highest BCUT2D eigenvalue weighted by atomic mass is 16.5. The summed E-state index contributed by atoms with van der Waals surface area (Å²) in [4.78, 5) is 25.1. The molecule has 132 valence electrons. The second-order valence-corrected chi connectivity index (χ2v) is 5.79. The first-order valence-corrected chi connectivity index (χ1v) is 7.86. The lowest BCUT2D eigenvalue weighted by Gasteiger charge is -2.11. The van der Waals surface area contributed by atoms with Gasteiger partial charge >= 0.3 is 5.97 Å². The van der Waals surface area contributed by atoms with Crippen LogP contribution in [0.1, 0.15) is 21.5 Å². The van der Waals surface area contributed by atoms with Gasteiger partial charge in [-0.15, -0.1) is 0 Å². The fourth-order valence-electron chi connectivity index (χ4n) is 2.16. The Bertz CT molecular complexity index is 861. The Morgan fingerprint density at radius 3 is 2.23 bits per heavy atom. The minimum atomic E-state index is -0.705. The molecule has 0 fully saturated rings. The van der Waals surface area contributed by atoms with Crippen molar-refractivity contribution < 1.29 is 14.3 Å². The maximum Gasteiger partial charge on any atom is 0.349 e. The summed E-state index contributed by atoms with van der Waals surface area (Å²) in [6, 6.07) is 15.7. The van der Waals surface area contributed by atoms with Crippen molar-refractivity contribution in [2.75, 3.05) is 19.0 Å². The Labute approximate surface area is 152 Å². The number of anilines is 1. The zero-order chi connectivity index (χ0) is 19.1. The highest BCUT2D eigenvalue weighted by Crippen LogP contribution is 2.15. The highest BCUT2D eigenvalue weighted by Gasteiger charge is 2.11. The monoisotopic (exact) mass is 349 g/mol. The lowest BCUT2D eigenvalue weighted by molar-refractivity contribution is -0.139. The molecule has 0 aliphatic rings. The van der Waals surface area contributed by atoms with Crippen molar-refractivity contribution in [1.29, 1.82) is 5.26 Å². The fourth-order valence-corrected chi connectivity index (χ4v) is 2.16. The molecule has 2 aromatic carbocycles. The quantitative estimate of drug-likeness (QED) is 0.491. The van der Waals surface area contributed by atoms with Gasteiger partial charge in [-0.25, -0.2) is 4.79 Å². The standard InChI is InChI=1S/C20H19N3O3/c1-23(2)18-9-5-14(6-10-18)11-17(12-21)20(25)26-13-15-3-7-16(8-4-15)19(22)24/h3-11H,13H2,1-2H3,(H2,22,24)/b17-11+. The van der Waals surface area contributed by atoms with Crippen LogP contribution in [0.4, 0.5) is 5.69 Å². The Hall–Kier alpha value is -3.59. The first kappa shape index (κ1) is 18.7. The van der Waals surface area contributed by atoms with Gasteiger partial charge in [0.25, 0.3) is 0 Å². The number of ether oxygens (including phenoxy) is 1. The molecule has 2 rings (SSSR count). The van der Waals surface area contributed by atoms with E-state index in [2.05, 4.69) is 0 Å². The highest BCUT2D eigenvalue weighted by molar-refractivity contribution is 5.98. The van der Waals surface area contributed by atoms with E-state index in [1.165, 1.54) is 6.08 Å². The zero-order valence-electron chi connectivity index (χ0n) is 14.6. The topological polar surface area (TPSA) is 96.4 Å². The minimum Gasteiger partial charge on any atom is -0.457 e. The molecule has 2 N–H and O–H groups in total. The summed E-state index contributed by atoms with van der Waals surface area (Å²) >= 11 is 0. The van der Waals surface area contributed by atoms with Gasteiger partial charge in [-0.3, -0.25) is 4.79 Å².